The van der Waals surface area contributed by atoms with Crippen LogP contribution in [0.15, 0.2) is 36.4 Å². The first-order chi connectivity index (χ1) is 10.6. The highest BCUT2D eigenvalue weighted by Crippen LogP contribution is 2.24. The minimum Gasteiger partial charge on any atom is -0.489 e. The summed E-state index contributed by atoms with van der Waals surface area (Å²) in [5, 5.41) is 0. The van der Waals surface area contributed by atoms with E-state index in [1.807, 2.05) is 25.1 Å². The molecule has 0 radical (unpaired) electrons. The van der Waals surface area contributed by atoms with E-state index in [0.29, 0.717) is 6.61 Å². The van der Waals surface area contributed by atoms with Crippen LogP contribution >= 0.6 is 0 Å². The van der Waals surface area contributed by atoms with Crippen LogP contribution in [0, 0.1) is 5.92 Å². The topological polar surface area (TPSA) is 67.6 Å². The van der Waals surface area contributed by atoms with Crippen molar-refractivity contribution in [3.63, 3.8) is 0 Å². The maximum Gasteiger partial charge on any atom is 0.238 e. The van der Waals surface area contributed by atoms with E-state index < -0.39 is 0 Å². The molecule has 5 heteroatoms. The number of ether oxygens (including phenoxy) is 1. The highest BCUT2D eigenvalue weighted by Gasteiger charge is 2.25. The molecule has 0 aliphatic carbocycles. The van der Waals surface area contributed by atoms with E-state index in [4.69, 9.17) is 10.6 Å². The maximum absolute atomic E-state index is 11.7. The van der Waals surface area contributed by atoms with Gasteiger partial charge in [0.15, 0.2) is 0 Å². The molecule has 1 amide bonds. The minimum atomic E-state index is -0.0727. The Labute approximate surface area is 132 Å². The van der Waals surface area contributed by atoms with Gasteiger partial charge in [-0.05, 0) is 37.9 Å². The molecule has 1 atom stereocenters. The van der Waals surface area contributed by atoms with Crippen LogP contribution in [0.4, 0.5) is 0 Å². The number of carbonyl (C=O) groups excluding carboxylic acids is 1. The van der Waals surface area contributed by atoms with Crippen molar-refractivity contribution in [2.75, 3.05) is 19.7 Å². The summed E-state index contributed by atoms with van der Waals surface area (Å²) in [6, 6.07) is 8.03. The number of nitrogens with two attached hydrogens (primary N) is 1. The number of piperidine rings is 1. The average Bonchev–Trinajstić information content (AvgIpc) is 2.53. The molecule has 1 aliphatic rings. The van der Waals surface area contributed by atoms with Gasteiger partial charge in [-0.25, -0.2) is 5.84 Å². The van der Waals surface area contributed by atoms with Crippen LogP contribution in [0.25, 0.3) is 0 Å². The molecule has 5 nitrogen and oxygen atoms in total. The number of amides is 1. The lowest BCUT2D eigenvalue weighted by Crippen LogP contribution is -2.44. The molecule has 0 saturated carbocycles. The van der Waals surface area contributed by atoms with E-state index >= 15 is 0 Å². The highest BCUT2D eigenvalue weighted by atomic mass is 16.5. The predicted molar refractivity (Wildman–Crippen MR) is 87.1 cm³/mol. The summed E-state index contributed by atoms with van der Waals surface area (Å²) in [7, 11) is 0. The third-order valence-electron chi connectivity index (χ3n) is 3.86. The molecule has 1 aliphatic heterocycles. The van der Waals surface area contributed by atoms with Crippen molar-refractivity contribution < 1.29 is 9.53 Å². The second-order valence-corrected chi connectivity index (χ2v) is 5.94. The number of para-hydroxylation sites is 1. The average molecular weight is 303 g/mol. The van der Waals surface area contributed by atoms with Crippen molar-refractivity contribution in [2.45, 2.75) is 26.3 Å². The van der Waals surface area contributed by atoms with Crippen LogP contribution < -0.4 is 16.0 Å². The fraction of sp³-hybridized carbons (Fsp3) is 0.471. The lowest BCUT2D eigenvalue weighted by atomic mass is 9.97. The molecule has 3 N–H and O–H groups in total. The molecule has 1 saturated heterocycles. The number of hydrogen-bond donors (Lipinski definition) is 2. The van der Waals surface area contributed by atoms with Gasteiger partial charge in [0.2, 0.25) is 5.91 Å². The number of benzene rings is 1. The summed E-state index contributed by atoms with van der Waals surface area (Å²) < 4.78 is 5.81. The van der Waals surface area contributed by atoms with E-state index in [9.17, 15) is 4.79 Å². The van der Waals surface area contributed by atoms with Gasteiger partial charge in [0, 0.05) is 18.7 Å². The number of rotatable bonds is 6. The first kappa shape index (κ1) is 16.5. The zero-order valence-electron chi connectivity index (χ0n) is 13.2. The van der Waals surface area contributed by atoms with Crippen molar-refractivity contribution in [1.82, 2.24) is 10.3 Å². The van der Waals surface area contributed by atoms with Crippen molar-refractivity contribution in [3.05, 3.63) is 42.0 Å². The maximum atomic E-state index is 11.7. The Bertz CT molecular complexity index is 530. The number of hydrogen-bond acceptors (Lipinski definition) is 4. The predicted octanol–water partition coefficient (Wildman–Crippen LogP) is 1.84. The summed E-state index contributed by atoms with van der Waals surface area (Å²) in [4.78, 5) is 14.0. The number of carbonyl (C=O) groups is 1. The van der Waals surface area contributed by atoms with E-state index in [2.05, 4.69) is 23.0 Å². The first-order valence-corrected chi connectivity index (χ1v) is 7.68. The second kappa shape index (κ2) is 7.96. The van der Waals surface area contributed by atoms with Gasteiger partial charge in [0.25, 0.3) is 0 Å². The van der Waals surface area contributed by atoms with Gasteiger partial charge < -0.3 is 4.74 Å². The van der Waals surface area contributed by atoms with Gasteiger partial charge >= 0.3 is 0 Å². The van der Waals surface area contributed by atoms with Crippen LogP contribution in [0.3, 0.4) is 0 Å². The van der Waals surface area contributed by atoms with Gasteiger partial charge in [-0.15, -0.1) is 0 Å². The molecule has 22 heavy (non-hydrogen) atoms. The Morgan fingerprint density at radius 1 is 1.50 bits per heavy atom. The van der Waals surface area contributed by atoms with Crippen LogP contribution in [0.5, 0.6) is 5.75 Å². The van der Waals surface area contributed by atoms with Crippen molar-refractivity contribution in [2.24, 2.45) is 11.8 Å². The number of nitrogens with one attached hydrogen (secondary N) is 1. The molecule has 2 rings (SSSR count). The summed E-state index contributed by atoms with van der Waals surface area (Å²) in [6.45, 7) is 8.84. The molecule has 120 valence electrons. The van der Waals surface area contributed by atoms with Crippen molar-refractivity contribution in [3.8, 4) is 5.75 Å². The number of hydrazine groups is 1. The van der Waals surface area contributed by atoms with E-state index in [1.54, 1.807) is 0 Å². The smallest absolute Gasteiger partial charge is 0.238 e. The molecular formula is C17H25N3O2. The Hall–Kier alpha value is -1.85. The Morgan fingerprint density at radius 2 is 2.27 bits per heavy atom. The van der Waals surface area contributed by atoms with E-state index in [-0.39, 0.29) is 11.8 Å². The highest BCUT2D eigenvalue weighted by molar-refractivity contribution is 5.78. The van der Waals surface area contributed by atoms with Gasteiger partial charge in [0.1, 0.15) is 12.4 Å². The van der Waals surface area contributed by atoms with Crippen LogP contribution in [0.1, 0.15) is 25.3 Å². The van der Waals surface area contributed by atoms with Crippen LogP contribution in [0.2, 0.25) is 0 Å². The van der Waals surface area contributed by atoms with Gasteiger partial charge in [-0.2, -0.15) is 0 Å². The fourth-order valence-corrected chi connectivity index (χ4v) is 2.75. The molecule has 0 bridgehead atoms. The Balaban J connectivity index is 2.00. The van der Waals surface area contributed by atoms with Crippen LogP contribution in [-0.2, 0) is 11.3 Å². The van der Waals surface area contributed by atoms with Crippen molar-refractivity contribution in [1.29, 1.82) is 0 Å². The molecule has 1 unspecified atom stereocenters. The molecule has 1 fully saturated rings. The SMILES string of the molecule is C=C(C)COc1ccccc1CN1CCCC(C(=O)NN)C1. The summed E-state index contributed by atoms with van der Waals surface area (Å²) in [6.07, 6.45) is 1.90. The van der Waals surface area contributed by atoms with E-state index in [0.717, 1.165) is 49.4 Å². The molecule has 0 aromatic heterocycles. The molecule has 1 aromatic rings. The first-order valence-electron chi connectivity index (χ1n) is 7.68. The lowest BCUT2D eigenvalue weighted by Gasteiger charge is -2.32. The largest absolute Gasteiger partial charge is 0.489 e. The summed E-state index contributed by atoms with van der Waals surface area (Å²) >= 11 is 0. The minimum absolute atomic E-state index is 0.0257. The third-order valence-corrected chi connectivity index (χ3v) is 3.86. The van der Waals surface area contributed by atoms with E-state index in [1.165, 1.54) is 0 Å². The zero-order chi connectivity index (χ0) is 15.9. The molecule has 1 heterocycles. The summed E-state index contributed by atoms with van der Waals surface area (Å²) in [5.74, 6) is 6.03. The molecule has 0 spiro atoms. The number of likely N-dealkylation sites (tertiary alicyclic amines) is 1. The fourth-order valence-electron chi connectivity index (χ4n) is 2.75. The van der Waals surface area contributed by atoms with Gasteiger partial charge in [-0.3, -0.25) is 15.1 Å². The zero-order valence-corrected chi connectivity index (χ0v) is 13.2. The molecular weight excluding hydrogens is 278 g/mol. The normalized spacial score (nSPS) is 18.7. The molecule has 1 aromatic carbocycles. The Kier molecular flexibility index (Phi) is 5.98. The van der Waals surface area contributed by atoms with Crippen LogP contribution in [-0.4, -0.2) is 30.5 Å². The second-order valence-electron chi connectivity index (χ2n) is 5.94. The summed E-state index contributed by atoms with van der Waals surface area (Å²) in [5.41, 5.74) is 4.39. The van der Waals surface area contributed by atoms with Gasteiger partial charge in [0.05, 0.1) is 5.92 Å². The number of nitrogens with zero attached hydrogens (tertiary/aromatic N) is 1. The standard InChI is InChI=1S/C17H25N3O2/c1-13(2)12-22-16-8-4-3-6-14(16)10-20-9-5-7-15(11-20)17(21)19-18/h3-4,6,8,15H,1,5,7,9-12,18H2,2H3,(H,19,21). The lowest BCUT2D eigenvalue weighted by molar-refractivity contribution is -0.126. The monoisotopic (exact) mass is 303 g/mol. The van der Waals surface area contributed by atoms with Gasteiger partial charge in [-0.1, -0.05) is 24.8 Å². The third kappa shape index (κ3) is 4.58. The van der Waals surface area contributed by atoms with Crippen molar-refractivity contribution >= 4 is 5.91 Å². The quantitative estimate of drug-likeness (QED) is 0.364. The Morgan fingerprint density at radius 3 is 3.00 bits per heavy atom.